The summed E-state index contributed by atoms with van der Waals surface area (Å²) < 4.78 is 14.2. The molecule has 0 fully saturated rings. The van der Waals surface area contributed by atoms with Gasteiger partial charge in [0.05, 0.1) is 36.6 Å². The lowest BCUT2D eigenvalue weighted by atomic mass is 10.1. The number of benzene rings is 2. The molecule has 0 heterocycles. The van der Waals surface area contributed by atoms with Gasteiger partial charge in [0.25, 0.3) is 5.91 Å². The fraction of sp³-hybridized carbons (Fsp3) is 0.158. The van der Waals surface area contributed by atoms with Crippen LogP contribution < -0.4 is 5.32 Å². The van der Waals surface area contributed by atoms with Crippen molar-refractivity contribution >= 4 is 29.5 Å². The number of methoxy groups -OCH3 is 2. The van der Waals surface area contributed by atoms with Gasteiger partial charge in [-0.25, -0.2) is 14.4 Å². The SMILES string of the molecule is COC(=O)c1cccc(C(=O)OCC(=O)Nc2ccccc2C(=O)OC)c1. The molecule has 0 spiro atoms. The van der Waals surface area contributed by atoms with Gasteiger partial charge in [0.2, 0.25) is 0 Å². The Morgan fingerprint density at radius 1 is 0.815 bits per heavy atom. The standard InChI is InChI=1S/C19H17NO7/c1-25-17(22)12-6-5-7-13(10-12)18(23)27-11-16(21)20-15-9-4-3-8-14(15)19(24)26-2/h3-10H,11H2,1-2H3,(H,20,21). The van der Waals surface area contributed by atoms with E-state index in [4.69, 9.17) is 4.74 Å². The second kappa shape index (κ2) is 9.14. The van der Waals surface area contributed by atoms with E-state index < -0.39 is 30.4 Å². The Hall–Kier alpha value is -3.68. The Balaban J connectivity index is 1.99. The van der Waals surface area contributed by atoms with E-state index in [1.165, 1.54) is 50.6 Å². The molecule has 2 rings (SSSR count). The van der Waals surface area contributed by atoms with Crippen LogP contribution in [0, 0.1) is 0 Å². The minimum atomic E-state index is -0.780. The molecule has 0 aliphatic carbocycles. The summed E-state index contributed by atoms with van der Waals surface area (Å²) in [5.41, 5.74) is 0.688. The molecule has 8 heteroatoms. The molecule has 0 radical (unpaired) electrons. The minimum Gasteiger partial charge on any atom is -0.465 e. The van der Waals surface area contributed by atoms with Crippen LogP contribution in [0.4, 0.5) is 5.69 Å². The number of nitrogens with one attached hydrogen (secondary N) is 1. The normalized spacial score (nSPS) is 9.85. The van der Waals surface area contributed by atoms with Gasteiger partial charge in [-0.3, -0.25) is 4.79 Å². The minimum absolute atomic E-state index is 0.0978. The van der Waals surface area contributed by atoms with Crippen LogP contribution in [0.3, 0.4) is 0 Å². The van der Waals surface area contributed by atoms with Crippen LogP contribution in [0.15, 0.2) is 48.5 Å². The smallest absolute Gasteiger partial charge is 0.339 e. The number of amides is 1. The molecule has 0 atom stereocenters. The number of hydrogen-bond donors (Lipinski definition) is 1. The van der Waals surface area contributed by atoms with Crippen LogP contribution in [-0.4, -0.2) is 44.6 Å². The first-order chi connectivity index (χ1) is 13.0. The highest BCUT2D eigenvalue weighted by atomic mass is 16.5. The van der Waals surface area contributed by atoms with Crippen LogP contribution in [-0.2, 0) is 19.0 Å². The third-order valence-corrected chi connectivity index (χ3v) is 3.46. The van der Waals surface area contributed by atoms with Gasteiger partial charge in [-0.2, -0.15) is 0 Å². The monoisotopic (exact) mass is 371 g/mol. The summed E-state index contributed by atoms with van der Waals surface area (Å²) in [6.07, 6.45) is 0. The molecule has 1 N–H and O–H groups in total. The van der Waals surface area contributed by atoms with Gasteiger partial charge < -0.3 is 19.5 Å². The van der Waals surface area contributed by atoms with Gasteiger partial charge in [-0.15, -0.1) is 0 Å². The molecule has 2 aromatic rings. The van der Waals surface area contributed by atoms with Crippen molar-refractivity contribution in [1.82, 2.24) is 0 Å². The fourth-order valence-electron chi connectivity index (χ4n) is 2.17. The summed E-state index contributed by atoms with van der Waals surface area (Å²) in [6.45, 7) is -0.573. The molecule has 2 aromatic carbocycles. The lowest BCUT2D eigenvalue weighted by Gasteiger charge is -2.10. The van der Waals surface area contributed by atoms with E-state index in [2.05, 4.69) is 14.8 Å². The van der Waals surface area contributed by atoms with E-state index in [1.807, 2.05) is 0 Å². The number of anilines is 1. The van der Waals surface area contributed by atoms with Crippen molar-refractivity contribution in [3.05, 3.63) is 65.2 Å². The van der Waals surface area contributed by atoms with E-state index in [0.717, 1.165) is 0 Å². The van der Waals surface area contributed by atoms with Crippen molar-refractivity contribution in [2.24, 2.45) is 0 Å². The van der Waals surface area contributed by atoms with Crippen LogP contribution in [0.1, 0.15) is 31.1 Å². The Morgan fingerprint density at radius 2 is 1.44 bits per heavy atom. The second-order valence-corrected chi connectivity index (χ2v) is 5.23. The lowest BCUT2D eigenvalue weighted by Crippen LogP contribution is -2.22. The zero-order valence-electron chi connectivity index (χ0n) is 14.7. The summed E-state index contributed by atoms with van der Waals surface area (Å²) in [5, 5.41) is 2.48. The highest BCUT2D eigenvalue weighted by Crippen LogP contribution is 2.16. The van der Waals surface area contributed by atoms with Crippen molar-refractivity contribution in [1.29, 1.82) is 0 Å². The molecule has 0 aliphatic rings. The first kappa shape index (κ1) is 19.6. The summed E-state index contributed by atoms with van der Waals surface area (Å²) >= 11 is 0. The maximum atomic E-state index is 12.1. The number of carbonyl (C=O) groups is 4. The highest BCUT2D eigenvalue weighted by molar-refractivity contribution is 6.02. The molecule has 27 heavy (non-hydrogen) atoms. The van der Waals surface area contributed by atoms with Gasteiger partial charge in [0.15, 0.2) is 6.61 Å². The van der Waals surface area contributed by atoms with E-state index >= 15 is 0 Å². The Kier molecular flexibility index (Phi) is 6.65. The average Bonchev–Trinajstić information content (AvgIpc) is 2.71. The molecule has 0 bridgehead atoms. The number of carbonyl (C=O) groups excluding carboxylic acids is 4. The quantitative estimate of drug-likeness (QED) is 0.611. The van der Waals surface area contributed by atoms with Crippen LogP contribution in [0.2, 0.25) is 0 Å². The van der Waals surface area contributed by atoms with E-state index in [-0.39, 0.29) is 22.4 Å². The molecule has 0 saturated carbocycles. The molecule has 0 saturated heterocycles. The van der Waals surface area contributed by atoms with Gasteiger partial charge in [0.1, 0.15) is 0 Å². The number of esters is 3. The lowest BCUT2D eigenvalue weighted by molar-refractivity contribution is -0.119. The molecule has 0 aliphatic heterocycles. The second-order valence-electron chi connectivity index (χ2n) is 5.23. The first-order valence-electron chi connectivity index (χ1n) is 7.79. The molecule has 1 amide bonds. The van der Waals surface area contributed by atoms with Crippen molar-refractivity contribution in [3.63, 3.8) is 0 Å². The van der Waals surface area contributed by atoms with Crippen molar-refractivity contribution < 1.29 is 33.4 Å². The van der Waals surface area contributed by atoms with Gasteiger partial charge in [-0.1, -0.05) is 18.2 Å². The summed E-state index contributed by atoms with van der Waals surface area (Å²) in [4.78, 5) is 47.3. The van der Waals surface area contributed by atoms with Crippen molar-refractivity contribution in [2.45, 2.75) is 0 Å². The van der Waals surface area contributed by atoms with Gasteiger partial charge in [0, 0.05) is 0 Å². The Morgan fingerprint density at radius 3 is 2.11 bits per heavy atom. The predicted octanol–water partition coefficient (Wildman–Crippen LogP) is 2.06. The van der Waals surface area contributed by atoms with Crippen molar-refractivity contribution in [3.8, 4) is 0 Å². The Bertz CT molecular complexity index is 876. The molecule has 0 aromatic heterocycles. The average molecular weight is 371 g/mol. The zero-order valence-corrected chi connectivity index (χ0v) is 14.7. The first-order valence-corrected chi connectivity index (χ1v) is 7.79. The highest BCUT2D eigenvalue weighted by Gasteiger charge is 2.16. The topological polar surface area (TPSA) is 108 Å². The Labute approximate surface area is 155 Å². The molecule has 0 unspecified atom stereocenters. The van der Waals surface area contributed by atoms with E-state index in [1.54, 1.807) is 12.1 Å². The van der Waals surface area contributed by atoms with E-state index in [9.17, 15) is 19.2 Å². The van der Waals surface area contributed by atoms with Gasteiger partial charge in [-0.05, 0) is 30.3 Å². The molecular weight excluding hydrogens is 354 g/mol. The van der Waals surface area contributed by atoms with Crippen LogP contribution >= 0.6 is 0 Å². The largest absolute Gasteiger partial charge is 0.465 e. The summed E-state index contributed by atoms with van der Waals surface area (Å²) in [7, 11) is 2.45. The maximum absolute atomic E-state index is 12.1. The van der Waals surface area contributed by atoms with Crippen LogP contribution in [0.5, 0.6) is 0 Å². The third kappa shape index (κ3) is 5.15. The summed E-state index contributed by atoms with van der Waals surface area (Å²) in [6, 6.07) is 12.0. The molecular formula is C19H17NO7. The molecule has 140 valence electrons. The zero-order chi connectivity index (χ0) is 19.8. The predicted molar refractivity (Wildman–Crippen MR) is 94.5 cm³/mol. The van der Waals surface area contributed by atoms with Gasteiger partial charge >= 0.3 is 17.9 Å². The number of ether oxygens (including phenoxy) is 3. The summed E-state index contributed by atoms with van der Waals surface area (Å²) in [5.74, 6) is -2.62. The number of hydrogen-bond acceptors (Lipinski definition) is 7. The fourth-order valence-corrected chi connectivity index (χ4v) is 2.17. The van der Waals surface area contributed by atoms with E-state index in [0.29, 0.717) is 0 Å². The third-order valence-electron chi connectivity index (χ3n) is 3.46. The number of rotatable bonds is 6. The van der Waals surface area contributed by atoms with Crippen molar-refractivity contribution in [2.75, 3.05) is 26.1 Å². The molecule has 8 nitrogen and oxygen atoms in total. The number of para-hydroxylation sites is 1. The maximum Gasteiger partial charge on any atom is 0.339 e. The van der Waals surface area contributed by atoms with Crippen LogP contribution in [0.25, 0.3) is 0 Å².